The summed E-state index contributed by atoms with van der Waals surface area (Å²) in [5, 5.41) is 0. The smallest absolute Gasteiger partial charge is 0.260 e. The van der Waals surface area contributed by atoms with Crippen molar-refractivity contribution in [2.24, 2.45) is 0 Å². The number of hydrogen-bond acceptors (Lipinski definition) is 4. The van der Waals surface area contributed by atoms with Crippen molar-refractivity contribution >= 4 is 17.7 Å². The van der Waals surface area contributed by atoms with Gasteiger partial charge in [-0.3, -0.25) is 4.79 Å². The summed E-state index contributed by atoms with van der Waals surface area (Å²) in [4.78, 5) is 16.5. The van der Waals surface area contributed by atoms with Crippen molar-refractivity contribution in [3.05, 3.63) is 30.1 Å². The summed E-state index contributed by atoms with van der Waals surface area (Å²) in [7, 11) is 4.04. The van der Waals surface area contributed by atoms with Gasteiger partial charge in [-0.1, -0.05) is 0 Å². The Morgan fingerprint density at radius 1 is 1.41 bits per heavy atom. The van der Waals surface area contributed by atoms with Crippen LogP contribution in [0.2, 0.25) is 0 Å². The van der Waals surface area contributed by atoms with Crippen molar-refractivity contribution in [3.8, 4) is 5.75 Å². The number of hydrogen-bond donors (Lipinski definition) is 0. The summed E-state index contributed by atoms with van der Waals surface area (Å²) in [6, 6.07) is 5.96. The van der Waals surface area contributed by atoms with E-state index in [0.29, 0.717) is 5.75 Å². The molecule has 1 amide bonds. The number of nitrogens with zero attached hydrogens (tertiary/aromatic N) is 2. The van der Waals surface area contributed by atoms with Crippen molar-refractivity contribution in [2.75, 3.05) is 45.3 Å². The second kappa shape index (κ2) is 8.39. The van der Waals surface area contributed by atoms with Crippen LogP contribution < -0.4 is 4.74 Å². The summed E-state index contributed by atoms with van der Waals surface area (Å²) in [5.74, 6) is 2.25. The second-order valence-electron chi connectivity index (χ2n) is 5.67. The van der Waals surface area contributed by atoms with Crippen LogP contribution in [-0.2, 0) is 4.79 Å². The number of halogens is 1. The van der Waals surface area contributed by atoms with Gasteiger partial charge in [0.05, 0.1) is 6.04 Å². The van der Waals surface area contributed by atoms with Gasteiger partial charge in [-0.25, -0.2) is 4.39 Å². The summed E-state index contributed by atoms with van der Waals surface area (Å²) >= 11 is 1.90. The quantitative estimate of drug-likeness (QED) is 0.830. The monoisotopic (exact) mass is 326 g/mol. The lowest BCUT2D eigenvalue weighted by atomic mass is 10.2. The SMILES string of the molecule is CN(C)CC1CSCCCN1C(=O)COc1ccc(F)cc1. The topological polar surface area (TPSA) is 32.8 Å². The van der Waals surface area contributed by atoms with E-state index in [0.717, 1.165) is 31.0 Å². The fraction of sp³-hybridized carbons (Fsp3) is 0.562. The highest BCUT2D eigenvalue weighted by Crippen LogP contribution is 2.18. The molecule has 6 heteroatoms. The van der Waals surface area contributed by atoms with Crippen LogP contribution >= 0.6 is 11.8 Å². The van der Waals surface area contributed by atoms with Gasteiger partial charge in [0.2, 0.25) is 0 Å². The highest BCUT2D eigenvalue weighted by molar-refractivity contribution is 7.99. The molecule has 1 heterocycles. The molecule has 0 aliphatic carbocycles. The van der Waals surface area contributed by atoms with E-state index < -0.39 is 0 Å². The number of ether oxygens (including phenoxy) is 1. The van der Waals surface area contributed by atoms with Gasteiger partial charge in [0.15, 0.2) is 6.61 Å². The summed E-state index contributed by atoms with van der Waals surface area (Å²) in [6.45, 7) is 1.63. The van der Waals surface area contributed by atoms with Gasteiger partial charge in [-0.05, 0) is 50.5 Å². The molecular weight excluding hydrogens is 303 g/mol. The van der Waals surface area contributed by atoms with E-state index in [2.05, 4.69) is 4.90 Å². The molecule has 0 N–H and O–H groups in total. The molecule has 0 aromatic heterocycles. The van der Waals surface area contributed by atoms with Gasteiger partial charge in [-0.2, -0.15) is 11.8 Å². The largest absolute Gasteiger partial charge is 0.484 e. The van der Waals surface area contributed by atoms with Crippen LogP contribution in [-0.4, -0.2) is 67.0 Å². The van der Waals surface area contributed by atoms with Crippen LogP contribution in [0.4, 0.5) is 4.39 Å². The molecule has 1 saturated heterocycles. The number of thioether (sulfide) groups is 1. The van der Waals surface area contributed by atoms with Gasteiger partial charge in [0, 0.05) is 18.8 Å². The molecule has 0 spiro atoms. The predicted molar refractivity (Wildman–Crippen MR) is 87.9 cm³/mol. The fourth-order valence-corrected chi connectivity index (χ4v) is 3.55. The van der Waals surface area contributed by atoms with Crippen molar-refractivity contribution in [3.63, 3.8) is 0 Å². The number of benzene rings is 1. The number of carbonyl (C=O) groups excluding carboxylic acids is 1. The molecule has 1 aromatic carbocycles. The minimum absolute atomic E-state index is 0.000226. The highest BCUT2D eigenvalue weighted by atomic mass is 32.2. The zero-order valence-electron chi connectivity index (χ0n) is 13.1. The van der Waals surface area contributed by atoms with E-state index in [1.807, 2.05) is 30.8 Å². The molecule has 0 bridgehead atoms. The van der Waals surface area contributed by atoms with Crippen molar-refractivity contribution in [1.82, 2.24) is 9.80 Å². The number of rotatable bonds is 5. The van der Waals surface area contributed by atoms with Crippen molar-refractivity contribution in [1.29, 1.82) is 0 Å². The lowest BCUT2D eigenvalue weighted by molar-refractivity contribution is -0.135. The zero-order valence-corrected chi connectivity index (χ0v) is 13.9. The Bertz CT molecular complexity index is 482. The Morgan fingerprint density at radius 3 is 2.82 bits per heavy atom. The predicted octanol–water partition coefficient (Wildman–Crippen LogP) is 2.10. The van der Waals surface area contributed by atoms with Gasteiger partial charge in [-0.15, -0.1) is 0 Å². The summed E-state index contributed by atoms with van der Waals surface area (Å²) < 4.78 is 18.3. The van der Waals surface area contributed by atoms with Gasteiger partial charge in [0.25, 0.3) is 5.91 Å². The molecule has 2 rings (SSSR count). The van der Waals surface area contributed by atoms with E-state index in [-0.39, 0.29) is 24.4 Å². The standard InChI is InChI=1S/C16H23FN2O2S/c1-18(2)10-14-12-22-9-3-8-19(14)16(20)11-21-15-6-4-13(17)5-7-15/h4-7,14H,3,8-12H2,1-2H3. The third kappa shape index (κ3) is 5.18. The Labute approximate surface area is 135 Å². The first-order valence-electron chi connectivity index (χ1n) is 7.46. The Morgan fingerprint density at radius 2 is 2.14 bits per heavy atom. The summed E-state index contributed by atoms with van der Waals surface area (Å²) in [5.41, 5.74) is 0. The highest BCUT2D eigenvalue weighted by Gasteiger charge is 2.26. The first-order chi connectivity index (χ1) is 10.6. The maximum absolute atomic E-state index is 12.9. The van der Waals surface area contributed by atoms with Crippen molar-refractivity contribution < 1.29 is 13.9 Å². The number of carbonyl (C=O) groups is 1. The van der Waals surface area contributed by atoms with E-state index >= 15 is 0 Å². The summed E-state index contributed by atoms with van der Waals surface area (Å²) in [6.07, 6.45) is 1.01. The average Bonchev–Trinajstić information content (AvgIpc) is 2.71. The van der Waals surface area contributed by atoms with Gasteiger partial charge < -0.3 is 14.5 Å². The third-order valence-corrected chi connectivity index (χ3v) is 4.71. The van der Waals surface area contributed by atoms with Crippen LogP contribution in [0.15, 0.2) is 24.3 Å². The van der Waals surface area contributed by atoms with Gasteiger partial charge >= 0.3 is 0 Å². The minimum Gasteiger partial charge on any atom is -0.484 e. The lowest BCUT2D eigenvalue weighted by Gasteiger charge is -2.31. The molecule has 1 aliphatic rings. The second-order valence-corrected chi connectivity index (χ2v) is 6.82. The van der Waals surface area contributed by atoms with Crippen LogP contribution in [0.3, 0.4) is 0 Å². The van der Waals surface area contributed by atoms with E-state index in [1.54, 1.807) is 0 Å². The van der Waals surface area contributed by atoms with E-state index in [9.17, 15) is 9.18 Å². The molecule has 122 valence electrons. The number of amides is 1. The van der Waals surface area contributed by atoms with Crippen LogP contribution in [0, 0.1) is 5.82 Å². The maximum Gasteiger partial charge on any atom is 0.260 e. The van der Waals surface area contributed by atoms with E-state index in [4.69, 9.17) is 4.74 Å². The van der Waals surface area contributed by atoms with E-state index in [1.165, 1.54) is 24.3 Å². The molecular formula is C16H23FN2O2S. The normalized spacial score (nSPS) is 19.1. The van der Waals surface area contributed by atoms with Crippen LogP contribution in [0.5, 0.6) is 5.75 Å². The molecule has 1 aliphatic heterocycles. The van der Waals surface area contributed by atoms with Crippen LogP contribution in [0.1, 0.15) is 6.42 Å². The third-order valence-electron chi connectivity index (χ3n) is 3.51. The number of likely N-dealkylation sites (N-methyl/N-ethyl adjacent to an activating group) is 1. The maximum atomic E-state index is 12.9. The Hall–Kier alpha value is -1.27. The zero-order chi connectivity index (χ0) is 15.9. The Balaban J connectivity index is 1.93. The molecule has 1 atom stereocenters. The van der Waals surface area contributed by atoms with Crippen molar-refractivity contribution in [2.45, 2.75) is 12.5 Å². The molecule has 0 radical (unpaired) electrons. The molecule has 4 nitrogen and oxygen atoms in total. The average molecular weight is 326 g/mol. The molecule has 1 fully saturated rings. The molecule has 1 aromatic rings. The molecule has 1 unspecified atom stereocenters. The molecule has 22 heavy (non-hydrogen) atoms. The lowest BCUT2D eigenvalue weighted by Crippen LogP contribution is -2.48. The first-order valence-corrected chi connectivity index (χ1v) is 8.62. The minimum atomic E-state index is -0.311. The first kappa shape index (κ1) is 17.1. The molecule has 0 saturated carbocycles. The fourth-order valence-electron chi connectivity index (χ4n) is 2.49. The van der Waals surface area contributed by atoms with Gasteiger partial charge in [0.1, 0.15) is 11.6 Å². The Kier molecular flexibility index (Phi) is 6.51. The van der Waals surface area contributed by atoms with Crippen LogP contribution in [0.25, 0.3) is 0 Å².